The van der Waals surface area contributed by atoms with E-state index in [-0.39, 0.29) is 12.2 Å². The lowest BCUT2D eigenvalue weighted by Crippen LogP contribution is -2.38. The molecule has 1 aromatic heterocycles. The van der Waals surface area contributed by atoms with Gasteiger partial charge in [0.15, 0.2) is 0 Å². The minimum Gasteiger partial charge on any atom is -0.390 e. The van der Waals surface area contributed by atoms with E-state index < -0.39 is 11.0 Å². The van der Waals surface area contributed by atoms with Gasteiger partial charge in [0, 0.05) is 18.3 Å². The van der Waals surface area contributed by atoms with Crippen molar-refractivity contribution in [1.82, 2.24) is 14.7 Å². The minimum atomic E-state index is -0.603. The molecule has 0 aliphatic rings. The lowest BCUT2D eigenvalue weighted by Gasteiger charge is -2.26. The predicted molar refractivity (Wildman–Crippen MR) is 75.4 cm³/mol. The number of thioether (sulfide) groups is 1. The zero-order chi connectivity index (χ0) is 14.4. The molecular formula is C11H20N4O3S. The molecule has 0 fully saturated rings. The van der Waals surface area contributed by atoms with Crippen LogP contribution in [0.25, 0.3) is 0 Å². The van der Waals surface area contributed by atoms with Crippen LogP contribution in [0.2, 0.25) is 0 Å². The molecule has 2 unspecified atom stereocenters. The molecule has 0 aromatic carbocycles. The molecule has 19 heavy (non-hydrogen) atoms. The first-order valence-corrected chi connectivity index (χ1v) is 7.37. The van der Waals surface area contributed by atoms with Crippen molar-refractivity contribution in [2.75, 3.05) is 25.6 Å². The van der Waals surface area contributed by atoms with Gasteiger partial charge in [-0.3, -0.25) is 14.8 Å². The molecule has 1 aromatic rings. The van der Waals surface area contributed by atoms with Gasteiger partial charge in [-0.2, -0.15) is 16.9 Å². The Bertz CT molecular complexity index is 412. The standard InChI is InChI=1S/C11H20N4O3S/c1-9(8-19-3)13(2)6-11(16)7-14-5-10(4-12-14)15(17)18/h4-5,9,11,16H,6-8H2,1-3H3. The molecule has 1 N–H and O–H groups in total. The maximum absolute atomic E-state index is 10.5. The Balaban J connectivity index is 2.45. The summed E-state index contributed by atoms with van der Waals surface area (Å²) in [7, 11) is 1.95. The Morgan fingerprint density at radius 2 is 2.37 bits per heavy atom. The van der Waals surface area contributed by atoms with E-state index in [1.165, 1.54) is 17.1 Å². The fourth-order valence-corrected chi connectivity index (χ4v) is 2.44. The number of hydrogen-bond donors (Lipinski definition) is 1. The lowest BCUT2D eigenvalue weighted by molar-refractivity contribution is -0.385. The Morgan fingerprint density at radius 3 is 2.89 bits per heavy atom. The molecule has 0 saturated carbocycles. The molecule has 1 heterocycles. The van der Waals surface area contributed by atoms with E-state index in [9.17, 15) is 15.2 Å². The van der Waals surface area contributed by atoms with Crippen molar-refractivity contribution in [3.63, 3.8) is 0 Å². The second kappa shape index (κ2) is 7.46. The van der Waals surface area contributed by atoms with Crippen LogP contribution in [0, 0.1) is 10.1 Å². The van der Waals surface area contributed by atoms with E-state index in [1.807, 2.05) is 13.3 Å². The van der Waals surface area contributed by atoms with Crippen LogP contribution in [0.5, 0.6) is 0 Å². The number of aliphatic hydroxyl groups excluding tert-OH is 1. The summed E-state index contributed by atoms with van der Waals surface area (Å²) < 4.78 is 1.40. The van der Waals surface area contributed by atoms with Crippen molar-refractivity contribution >= 4 is 17.4 Å². The maximum Gasteiger partial charge on any atom is 0.306 e. The van der Waals surface area contributed by atoms with Crippen LogP contribution in [0.15, 0.2) is 12.4 Å². The Morgan fingerprint density at radius 1 is 1.68 bits per heavy atom. The number of likely N-dealkylation sites (N-methyl/N-ethyl adjacent to an activating group) is 1. The van der Waals surface area contributed by atoms with Crippen molar-refractivity contribution in [3.8, 4) is 0 Å². The summed E-state index contributed by atoms with van der Waals surface area (Å²) in [5.74, 6) is 0.996. The molecule has 8 heteroatoms. The van der Waals surface area contributed by atoms with Crippen molar-refractivity contribution in [1.29, 1.82) is 0 Å². The smallest absolute Gasteiger partial charge is 0.306 e. The van der Waals surface area contributed by atoms with E-state index in [1.54, 1.807) is 11.8 Å². The highest BCUT2D eigenvalue weighted by atomic mass is 32.2. The van der Waals surface area contributed by atoms with Crippen molar-refractivity contribution < 1.29 is 10.0 Å². The fourth-order valence-electron chi connectivity index (χ4n) is 1.70. The van der Waals surface area contributed by atoms with E-state index in [0.29, 0.717) is 12.6 Å². The van der Waals surface area contributed by atoms with Crippen LogP contribution in [0.4, 0.5) is 5.69 Å². The first-order valence-electron chi connectivity index (χ1n) is 5.98. The first-order chi connectivity index (χ1) is 8.93. The van der Waals surface area contributed by atoms with Gasteiger partial charge in [-0.15, -0.1) is 0 Å². The summed E-state index contributed by atoms with van der Waals surface area (Å²) in [6.07, 6.45) is 3.96. The van der Waals surface area contributed by atoms with Crippen LogP contribution in [0.1, 0.15) is 6.92 Å². The van der Waals surface area contributed by atoms with Gasteiger partial charge in [0.2, 0.25) is 0 Å². The minimum absolute atomic E-state index is 0.0590. The van der Waals surface area contributed by atoms with E-state index in [4.69, 9.17) is 0 Å². The normalized spacial score (nSPS) is 14.6. The van der Waals surface area contributed by atoms with E-state index in [0.717, 1.165) is 5.75 Å². The molecule has 0 radical (unpaired) electrons. The number of nitro groups is 1. The van der Waals surface area contributed by atoms with Crippen LogP contribution in [-0.4, -0.2) is 62.5 Å². The third-order valence-electron chi connectivity index (χ3n) is 2.89. The molecular weight excluding hydrogens is 268 g/mol. The van der Waals surface area contributed by atoms with Gasteiger partial charge >= 0.3 is 5.69 Å². The first kappa shape index (κ1) is 15.9. The second-order valence-electron chi connectivity index (χ2n) is 4.58. The number of aliphatic hydroxyl groups is 1. The highest BCUT2D eigenvalue weighted by molar-refractivity contribution is 7.98. The van der Waals surface area contributed by atoms with E-state index >= 15 is 0 Å². The summed E-state index contributed by atoms with van der Waals surface area (Å²) in [6, 6.07) is 0.372. The average Bonchev–Trinajstić information content (AvgIpc) is 2.77. The zero-order valence-corrected chi connectivity index (χ0v) is 12.2. The van der Waals surface area contributed by atoms with Crippen LogP contribution in [0.3, 0.4) is 0 Å². The SMILES string of the molecule is CSCC(C)N(C)CC(O)Cn1cc([N+](=O)[O-])cn1. The van der Waals surface area contributed by atoms with Crippen molar-refractivity contribution in [2.45, 2.75) is 25.6 Å². The number of nitrogens with zero attached hydrogens (tertiary/aromatic N) is 4. The van der Waals surface area contributed by atoms with Gasteiger partial charge in [0.25, 0.3) is 0 Å². The topological polar surface area (TPSA) is 84.4 Å². The predicted octanol–water partition coefficient (Wildman–Crippen LogP) is 0.835. The van der Waals surface area contributed by atoms with Crippen molar-refractivity contribution in [3.05, 3.63) is 22.5 Å². The Hall–Kier alpha value is -1.12. The molecule has 7 nitrogen and oxygen atoms in total. The third kappa shape index (κ3) is 5.17. The highest BCUT2D eigenvalue weighted by Gasteiger charge is 2.16. The van der Waals surface area contributed by atoms with Crippen LogP contribution in [-0.2, 0) is 6.54 Å². The Labute approximate surface area is 116 Å². The van der Waals surface area contributed by atoms with Gasteiger partial charge in [-0.1, -0.05) is 0 Å². The Kier molecular flexibility index (Phi) is 6.26. The monoisotopic (exact) mass is 288 g/mol. The summed E-state index contributed by atoms with van der Waals surface area (Å²) in [4.78, 5) is 12.1. The molecule has 0 aliphatic heterocycles. The van der Waals surface area contributed by atoms with Gasteiger partial charge in [-0.25, -0.2) is 0 Å². The number of hydrogen-bond acceptors (Lipinski definition) is 6. The maximum atomic E-state index is 10.5. The molecule has 0 spiro atoms. The average molecular weight is 288 g/mol. The summed E-state index contributed by atoms with van der Waals surface area (Å²) >= 11 is 1.76. The molecule has 0 aliphatic carbocycles. The second-order valence-corrected chi connectivity index (χ2v) is 5.49. The molecule has 0 bridgehead atoms. The lowest BCUT2D eigenvalue weighted by atomic mass is 10.2. The molecule has 0 saturated heterocycles. The largest absolute Gasteiger partial charge is 0.390 e. The van der Waals surface area contributed by atoms with E-state index in [2.05, 4.69) is 16.9 Å². The number of rotatable bonds is 8. The van der Waals surface area contributed by atoms with Gasteiger partial charge in [-0.05, 0) is 20.2 Å². The zero-order valence-electron chi connectivity index (χ0n) is 11.4. The molecule has 108 valence electrons. The van der Waals surface area contributed by atoms with Gasteiger partial charge < -0.3 is 10.0 Å². The fraction of sp³-hybridized carbons (Fsp3) is 0.727. The van der Waals surface area contributed by atoms with Gasteiger partial charge in [0.1, 0.15) is 12.4 Å². The van der Waals surface area contributed by atoms with Crippen LogP contribution < -0.4 is 0 Å². The van der Waals surface area contributed by atoms with Crippen molar-refractivity contribution in [2.24, 2.45) is 0 Å². The highest BCUT2D eigenvalue weighted by Crippen LogP contribution is 2.09. The summed E-state index contributed by atoms with van der Waals surface area (Å²) in [5.41, 5.74) is -0.0590. The van der Waals surface area contributed by atoms with Crippen LogP contribution >= 0.6 is 11.8 Å². The molecule has 0 amide bonds. The molecule has 2 atom stereocenters. The molecule has 1 rings (SSSR count). The number of aromatic nitrogens is 2. The summed E-state index contributed by atoms with van der Waals surface area (Å²) in [6.45, 7) is 2.86. The quantitative estimate of drug-likeness (QED) is 0.563. The third-order valence-corrected chi connectivity index (χ3v) is 3.70. The summed E-state index contributed by atoms with van der Waals surface area (Å²) in [5, 5.41) is 24.3. The van der Waals surface area contributed by atoms with Gasteiger partial charge in [0.05, 0.1) is 17.6 Å².